The number of thiocarbonyl (C=S) groups is 1. The smallest absolute Gasteiger partial charge is 0.294 e. The summed E-state index contributed by atoms with van der Waals surface area (Å²) < 4.78 is 18.7. The number of pyridine rings is 1. The lowest BCUT2D eigenvalue weighted by Gasteiger charge is -2.32. The second-order valence-electron chi connectivity index (χ2n) is 6.53. The molecule has 11 heteroatoms. The zero-order chi connectivity index (χ0) is 22.1. The van der Waals surface area contributed by atoms with E-state index in [4.69, 9.17) is 31.5 Å². The highest BCUT2D eigenvalue weighted by Gasteiger charge is 2.33. The van der Waals surface area contributed by atoms with E-state index in [0.29, 0.717) is 31.0 Å². The lowest BCUT2D eigenvalue weighted by Crippen LogP contribution is -2.29. The van der Waals surface area contributed by atoms with Crippen LogP contribution in [0.4, 0.5) is 5.69 Å². The van der Waals surface area contributed by atoms with E-state index < -0.39 is 7.52 Å². The molecule has 2 heterocycles. The number of nitrogens with zero attached hydrogens (tertiary/aromatic N) is 2. The van der Waals surface area contributed by atoms with Crippen molar-refractivity contribution in [1.29, 1.82) is 0 Å². The maximum Gasteiger partial charge on any atom is 0.294 e. The van der Waals surface area contributed by atoms with Crippen molar-refractivity contribution in [3.63, 3.8) is 0 Å². The molecule has 170 valence electrons. The van der Waals surface area contributed by atoms with Gasteiger partial charge in [-0.3, -0.25) is 19.2 Å². The van der Waals surface area contributed by atoms with Gasteiger partial charge in [-0.05, 0) is 57.0 Å². The lowest BCUT2D eigenvalue weighted by molar-refractivity contribution is -0.122. The molecular weight excluding hydrogens is 427 g/mol. The van der Waals surface area contributed by atoms with Gasteiger partial charge in [0.1, 0.15) is 0 Å². The first kappa shape index (κ1) is 26.5. The van der Waals surface area contributed by atoms with Gasteiger partial charge in [0.05, 0.1) is 13.2 Å². The number of hydrogen-bond acceptors (Lipinski definition) is 6. The Hall–Kier alpha value is -1.58. The summed E-state index contributed by atoms with van der Waals surface area (Å²) in [6.07, 6.45) is 9.98. The van der Waals surface area contributed by atoms with Crippen molar-refractivity contribution in [3.05, 3.63) is 24.5 Å². The molecule has 1 aromatic heterocycles. The van der Waals surface area contributed by atoms with Crippen molar-refractivity contribution >= 4 is 37.0 Å². The molecule has 1 aromatic rings. The molecule has 0 amide bonds. The molecule has 0 radical (unpaired) electrons. The van der Waals surface area contributed by atoms with Gasteiger partial charge in [0.15, 0.2) is 5.11 Å². The van der Waals surface area contributed by atoms with Crippen LogP contribution in [0.15, 0.2) is 24.5 Å². The Bertz CT molecular complexity index is 647. The van der Waals surface area contributed by atoms with Crippen molar-refractivity contribution in [2.24, 2.45) is 0 Å². The molecule has 1 aliphatic rings. The van der Waals surface area contributed by atoms with Gasteiger partial charge in [-0.25, -0.2) is 0 Å². The predicted octanol–water partition coefficient (Wildman–Crippen LogP) is 3.89. The highest BCUT2D eigenvalue weighted by atomic mass is 32.1. The fourth-order valence-corrected chi connectivity index (χ4v) is 5.30. The van der Waals surface area contributed by atoms with Crippen molar-refractivity contribution < 1.29 is 23.8 Å². The average Bonchev–Trinajstić information content (AvgIpc) is 2.75. The van der Waals surface area contributed by atoms with E-state index in [0.717, 1.165) is 50.8 Å². The van der Waals surface area contributed by atoms with Crippen LogP contribution in [0.1, 0.15) is 45.4 Å². The van der Waals surface area contributed by atoms with E-state index in [1.165, 1.54) is 0 Å². The van der Waals surface area contributed by atoms with Crippen LogP contribution in [0.3, 0.4) is 0 Å². The summed E-state index contributed by atoms with van der Waals surface area (Å²) in [5.41, 5.74) is 0.925. The summed E-state index contributed by atoms with van der Waals surface area (Å²) in [7, 11) is -2.85. The van der Waals surface area contributed by atoms with E-state index in [9.17, 15) is 4.57 Å². The van der Waals surface area contributed by atoms with E-state index in [2.05, 4.69) is 15.6 Å². The van der Waals surface area contributed by atoms with Gasteiger partial charge in [-0.15, -0.1) is 4.83 Å². The molecule has 1 aliphatic heterocycles. The average molecular weight is 461 g/mol. The molecule has 0 bridgehead atoms. The van der Waals surface area contributed by atoms with Crippen molar-refractivity contribution in [3.8, 4) is 0 Å². The molecule has 0 aliphatic carbocycles. The third-order valence-corrected chi connectivity index (χ3v) is 7.03. The zero-order valence-electron chi connectivity index (χ0n) is 17.5. The highest BCUT2D eigenvalue weighted by Crippen LogP contribution is 2.52. The number of anilines is 1. The van der Waals surface area contributed by atoms with E-state index in [1.54, 1.807) is 17.2 Å². The van der Waals surface area contributed by atoms with Gasteiger partial charge in [0.25, 0.3) is 14.0 Å². The van der Waals surface area contributed by atoms with E-state index in [1.807, 2.05) is 19.1 Å². The zero-order valence-corrected chi connectivity index (χ0v) is 19.2. The van der Waals surface area contributed by atoms with Crippen molar-refractivity contribution in [1.82, 2.24) is 15.1 Å². The fourth-order valence-electron chi connectivity index (χ4n) is 2.87. The molecular formula is C19H33N4O5PS. The summed E-state index contributed by atoms with van der Waals surface area (Å²) in [6, 6.07) is 3.74. The number of hydrogen-bond donors (Lipinski definition) is 3. The quantitative estimate of drug-likeness (QED) is 0.195. The normalized spacial score (nSPS) is 15.9. The van der Waals surface area contributed by atoms with Gasteiger partial charge in [0.2, 0.25) is 0 Å². The van der Waals surface area contributed by atoms with Gasteiger partial charge >= 0.3 is 0 Å². The Morgan fingerprint density at radius 2 is 2.03 bits per heavy atom. The minimum absolute atomic E-state index is 0.250. The van der Waals surface area contributed by atoms with Crippen LogP contribution in [-0.2, 0) is 18.7 Å². The van der Waals surface area contributed by atoms with Crippen LogP contribution in [-0.4, -0.2) is 59.0 Å². The third-order valence-electron chi connectivity index (χ3n) is 4.25. The van der Waals surface area contributed by atoms with Crippen LogP contribution < -0.4 is 10.6 Å². The molecule has 30 heavy (non-hydrogen) atoms. The molecule has 9 nitrogen and oxygen atoms in total. The second kappa shape index (κ2) is 16.2. The van der Waals surface area contributed by atoms with E-state index >= 15 is 0 Å². The van der Waals surface area contributed by atoms with Crippen LogP contribution in [0.25, 0.3) is 0 Å². The van der Waals surface area contributed by atoms with Gasteiger partial charge in [0, 0.05) is 37.3 Å². The molecule has 0 saturated carbocycles. The van der Waals surface area contributed by atoms with Crippen LogP contribution in [0, 0.1) is 0 Å². The topological polar surface area (TPSA) is 113 Å². The minimum Gasteiger partial charge on any atom is -0.483 e. The third kappa shape index (κ3) is 11.0. The predicted molar refractivity (Wildman–Crippen MR) is 122 cm³/mol. The number of carbonyl (C=O) groups is 1. The van der Waals surface area contributed by atoms with Crippen LogP contribution in [0.2, 0.25) is 0 Å². The summed E-state index contributed by atoms with van der Waals surface area (Å²) in [5, 5.41) is 13.8. The summed E-state index contributed by atoms with van der Waals surface area (Å²) in [5.74, 6) is 0. The standard InChI is InChI=1S/C18H31N4O3PS.CH2O2/c1-2-25-26(23,22-14-6-7-15-24-22)16-8-4-3-5-11-20-18(27)21-17-9-12-19-13-10-17;2-1-3/h9-10,12-13H,2-8,11,14-16H2,1H3,(H2,19,20,21,27);1H,(H,2,3). The molecule has 1 unspecified atom stereocenters. The number of carboxylic acid groups (broad SMARTS) is 1. The molecule has 1 atom stereocenters. The first-order valence-corrected chi connectivity index (χ1v) is 12.4. The number of rotatable bonds is 11. The van der Waals surface area contributed by atoms with Crippen LogP contribution in [0.5, 0.6) is 0 Å². The van der Waals surface area contributed by atoms with Crippen molar-refractivity contribution in [2.45, 2.75) is 45.4 Å². The molecule has 3 N–H and O–H groups in total. The lowest BCUT2D eigenvalue weighted by atomic mass is 10.2. The molecule has 2 rings (SSSR count). The number of nitrogens with one attached hydrogen (secondary N) is 2. The fraction of sp³-hybridized carbons (Fsp3) is 0.632. The van der Waals surface area contributed by atoms with E-state index in [-0.39, 0.29) is 6.47 Å². The molecule has 0 spiro atoms. The number of aromatic nitrogens is 1. The Morgan fingerprint density at radius 1 is 1.33 bits per heavy atom. The minimum atomic E-state index is -2.85. The summed E-state index contributed by atoms with van der Waals surface area (Å²) in [4.78, 5) is 19.5. The molecule has 0 aromatic carbocycles. The Morgan fingerprint density at radius 3 is 2.67 bits per heavy atom. The summed E-state index contributed by atoms with van der Waals surface area (Å²) in [6.45, 7) is 4.22. The largest absolute Gasteiger partial charge is 0.483 e. The van der Waals surface area contributed by atoms with Gasteiger partial charge in [-0.2, -0.15) is 0 Å². The van der Waals surface area contributed by atoms with Crippen molar-refractivity contribution in [2.75, 3.05) is 37.8 Å². The van der Waals surface area contributed by atoms with Gasteiger partial charge < -0.3 is 20.3 Å². The SMILES string of the molecule is CCOP(=O)(CCCCCCNC(=S)Nc1ccncc1)N1CCCCO1.O=CO. The Labute approximate surface area is 184 Å². The molecule has 1 saturated heterocycles. The maximum absolute atomic E-state index is 13.1. The first-order valence-electron chi connectivity index (χ1n) is 10.2. The number of hydroxylamine groups is 1. The second-order valence-corrected chi connectivity index (χ2v) is 9.37. The number of unbranched alkanes of at least 4 members (excludes halogenated alkanes) is 3. The highest BCUT2D eigenvalue weighted by molar-refractivity contribution is 7.80. The Balaban J connectivity index is 0.00000141. The van der Waals surface area contributed by atoms with Gasteiger partial charge in [-0.1, -0.05) is 12.8 Å². The van der Waals surface area contributed by atoms with Crippen LogP contribution >= 0.6 is 19.7 Å². The monoisotopic (exact) mass is 460 g/mol. The Kier molecular flexibility index (Phi) is 14.2. The maximum atomic E-state index is 13.1. The summed E-state index contributed by atoms with van der Waals surface area (Å²) >= 11 is 5.27. The molecule has 1 fully saturated rings. The first-order chi connectivity index (χ1) is 14.6.